The summed E-state index contributed by atoms with van der Waals surface area (Å²) in [5, 5.41) is 9.06. The van der Waals surface area contributed by atoms with Gasteiger partial charge in [0.1, 0.15) is 0 Å². The number of aromatic carboxylic acids is 1. The van der Waals surface area contributed by atoms with E-state index in [1.54, 1.807) is 6.92 Å². The minimum atomic E-state index is -3.88. The van der Waals surface area contributed by atoms with Crippen molar-refractivity contribution in [3.63, 3.8) is 0 Å². The molecule has 6 nitrogen and oxygen atoms in total. The van der Waals surface area contributed by atoms with E-state index >= 15 is 0 Å². The molecule has 0 amide bonds. The first-order chi connectivity index (χ1) is 9.81. The first-order valence-electron chi connectivity index (χ1n) is 5.77. The van der Waals surface area contributed by atoms with Gasteiger partial charge in [0.2, 0.25) is 0 Å². The molecule has 1 aromatic carbocycles. The minimum Gasteiger partial charge on any atom is -0.478 e. The zero-order valence-electron chi connectivity index (χ0n) is 10.9. The van der Waals surface area contributed by atoms with Crippen molar-refractivity contribution >= 4 is 37.6 Å². The Kier molecular flexibility index (Phi) is 4.29. The fourth-order valence-electron chi connectivity index (χ4n) is 1.66. The minimum absolute atomic E-state index is 0.0494. The number of sulfonamides is 1. The van der Waals surface area contributed by atoms with Crippen molar-refractivity contribution in [2.24, 2.45) is 0 Å². The number of carboxylic acids is 1. The highest BCUT2D eigenvalue weighted by Gasteiger charge is 2.18. The van der Waals surface area contributed by atoms with E-state index < -0.39 is 16.0 Å². The summed E-state index contributed by atoms with van der Waals surface area (Å²) in [6.45, 7) is 1.60. The summed E-state index contributed by atoms with van der Waals surface area (Å²) in [5.41, 5.74) is 0.765. The van der Waals surface area contributed by atoms with Gasteiger partial charge in [0, 0.05) is 12.4 Å². The number of nitrogens with zero attached hydrogens (tertiary/aromatic N) is 1. The van der Waals surface area contributed by atoms with Crippen LogP contribution in [-0.4, -0.2) is 24.5 Å². The Balaban J connectivity index is 2.43. The van der Waals surface area contributed by atoms with Crippen LogP contribution in [-0.2, 0) is 10.0 Å². The van der Waals surface area contributed by atoms with E-state index in [0.717, 1.165) is 6.07 Å². The predicted molar refractivity (Wildman–Crippen MR) is 80.9 cm³/mol. The van der Waals surface area contributed by atoms with Gasteiger partial charge in [-0.1, -0.05) is 6.07 Å². The zero-order valence-corrected chi connectivity index (χ0v) is 13.3. The number of nitrogens with one attached hydrogen (secondary N) is 1. The first kappa shape index (κ1) is 15.5. The third-order valence-corrected chi connectivity index (χ3v) is 4.76. The van der Waals surface area contributed by atoms with Gasteiger partial charge in [0.15, 0.2) is 0 Å². The quantitative estimate of drug-likeness (QED) is 0.862. The van der Waals surface area contributed by atoms with Crippen LogP contribution < -0.4 is 4.72 Å². The lowest BCUT2D eigenvalue weighted by molar-refractivity contribution is 0.0696. The lowest BCUT2D eigenvalue weighted by atomic mass is 10.1. The molecule has 0 spiro atoms. The van der Waals surface area contributed by atoms with Gasteiger partial charge < -0.3 is 5.11 Å². The van der Waals surface area contributed by atoms with Gasteiger partial charge in [-0.2, -0.15) is 0 Å². The van der Waals surface area contributed by atoms with Crippen molar-refractivity contribution in [1.82, 2.24) is 4.98 Å². The Morgan fingerprint density at radius 1 is 1.33 bits per heavy atom. The molecule has 0 saturated heterocycles. The highest BCUT2D eigenvalue weighted by Crippen LogP contribution is 2.24. The van der Waals surface area contributed by atoms with E-state index in [4.69, 9.17) is 5.11 Å². The highest BCUT2D eigenvalue weighted by molar-refractivity contribution is 9.10. The van der Waals surface area contributed by atoms with Gasteiger partial charge in [0.25, 0.3) is 10.0 Å². The Morgan fingerprint density at radius 2 is 2.05 bits per heavy atom. The van der Waals surface area contributed by atoms with Gasteiger partial charge in [-0.05, 0) is 46.6 Å². The number of carboxylic acid groups (broad SMARTS) is 1. The van der Waals surface area contributed by atoms with E-state index in [1.807, 2.05) is 0 Å². The molecule has 0 fully saturated rings. The molecule has 0 saturated carbocycles. The number of aryl methyl sites for hydroxylation is 1. The van der Waals surface area contributed by atoms with Gasteiger partial charge >= 0.3 is 5.97 Å². The number of benzene rings is 1. The molecule has 2 aromatic rings. The van der Waals surface area contributed by atoms with Crippen LogP contribution in [0.1, 0.15) is 15.9 Å². The van der Waals surface area contributed by atoms with E-state index in [9.17, 15) is 13.2 Å². The second-order valence-electron chi connectivity index (χ2n) is 4.24. The van der Waals surface area contributed by atoms with E-state index in [2.05, 4.69) is 25.6 Å². The van der Waals surface area contributed by atoms with Crippen molar-refractivity contribution < 1.29 is 18.3 Å². The van der Waals surface area contributed by atoms with Crippen molar-refractivity contribution in [3.05, 3.63) is 52.3 Å². The number of anilines is 1. The Morgan fingerprint density at radius 3 is 2.67 bits per heavy atom. The smallest absolute Gasteiger partial charge is 0.335 e. The van der Waals surface area contributed by atoms with Crippen molar-refractivity contribution in [3.8, 4) is 0 Å². The monoisotopic (exact) mass is 370 g/mol. The maximum Gasteiger partial charge on any atom is 0.335 e. The SMILES string of the molecule is Cc1ccc(S(=O)(=O)Nc2ccncc2Br)cc1C(=O)O. The van der Waals surface area contributed by atoms with Crippen LogP contribution in [0, 0.1) is 6.92 Å². The molecule has 2 N–H and O–H groups in total. The number of aromatic nitrogens is 1. The third kappa shape index (κ3) is 3.40. The zero-order chi connectivity index (χ0) is 15.6. The Labute approximate surface area is 130 Å². The summed E-state index contributed by atoms with van der Waals surface area (Å²) < 4.78 is 27.5. The molecular weight excluding hydrogens is 360 g/mol. The largest absolute Gasteiger partial charge is 0.478 e. The summed E-state index contributed by atoms with van der Waals surface area (Å²) in [7, 11) is -3.88. The van der Waals surface area contributed by atoms with Crippen LogP contribution in [0.4, 0.5) is 5.69 Å². The number of hydrogen-bond acceptors (Lipinski definition) is 4. The molecule has 0 unspecified atom stereocenters. The molecule has 0 aliphatic rings. The molecule has 21 heavy (non-hydrogen) atoms. The number of carbonyl (C=O) groups is 1. The van der Waals surface area contributed by atoms with Crippen LogP contribution >= 0.6 is 15.9 Å². The second-order valence-corrected chi connectivity index (χ2v) is 6.78. The summed E-state index contributed by atoms with van der Waals surface area (Å²) in [5.74, 6) is -1.17. The molecule has 0 aliphatic heterocycles. The van der Waals surface area contributed by atoms with E-state index in [0.29, 0.717) is 15.7 Å². The molecule has 0 radical (unpaired) electrons. The van der Waals surface area contributed by atoms with Crippen molar-refractivity contribution in [2.75, 3.05) is 4.72 Å². The maximum atomic E-state index is 12.3. The third-order valence-electron chi connectivity index (χ3n) is 2.77. The number of hydrogen-bond donors (Lipinski definition) is 2. The molecule has 1 heterocycles. The topological polar surface area (TPSA) is 96.4 Å². The number of rotatable bonds is 4. The van der Waals surface area contributed by atoms with Crippen LogP contribution in [0.2, 0.25) is 0 Å². The van der Waals surface area contributed by atoms with Gasteiger partial charge in [0.05, 0.1) is 20.6 Å². The molecule has 8 heteroatoms. The maximum absolute atomic E-state index is 12.3. The fourth-order valence-corrected chi connectivity index (χ4v) is 3.25. The van der Waals surface area contributed by atoms with Crippen LogP contribution in [0.15, 0.2) is 46.0 Å². The first-order valence-corrected chi connectivity index (χ1v) is 8.05. The highest BCUT2D eigenvalue weighted by atomic mass is 79.9. The standard InChI is InChI=1S/C13H11BrN2O4S/c1-8-2-3-9(6-10(8)13(17)18)21(19,20)16-12-4-5-15-7-11(12)14/h2-7H,1H3,(H,15,16)(H,17,18). The van der Waals surface area contributed by atoms with Crippen LogP contribution in [0.25, 0.3) is 0 Å². The lowest BCUT2D eigenvalue weighted by Gasteiger charge is -2.10. The number of halogens is 1. The van der Waals surface area contributed by atoms with E-state index in [1.165, 1.54) is 30.6 Å². The fraction of sp³-hybridized carbons (Fsp3) is 0.0769. The van der Waals surface area contributed by atoms with Gasteiger partial charge in [-0.15, -0.1) is 0 Å². The molecule has 0 bridgehead atoms. The van der Waals surface area contributed by atoms with Crippen LogP contribution in [0.5, 0.6) is 0 Å². The number of pyridine rings is 1. The van der Waals surface area contributed by atoms with Crippen molar-refractivity contribution in [2.45, 2.75) is 11.8 Å². The molecule has 0 aliphatic carbocycles. The predicted octanol–water partition coefficient (Wildman–Crippen LogP) is 2.65. The molecular formula is C13H11BrN2O4S. The summed E-state index contributed by atoms with van der Waals surface area (Å²) in [6.07, 6.45) is 2.90. The molecule has 110 valence electrons. The Hall–Kier alpha value is -1.93. The second kappa shape index (κ2) is 5.82. The summed E-state index contributed by atoms with van der Waals surface area (Å²) in [4.78, 5) is 14.8. The summed E-state index contributed by atoms with van der Waals surface area (Å²) in [6, 6.07) is 5.45. The van der Waals surface area contributed by atoms with E-state index in [-0.39, 0.29) is 10.5 Å². The lowest BCUT2D eigenvalue weighted by Crippen LogP contribution is -2.14. The Bertz CT molecular complexity index is 806. The summed E-state index contributed by atoms with van der Waals surface area (Å²) >= 11 is 3.19. The van der Waals surface area contributed by atoms with Crippen LogP contribution in [0.3, 0.4) is 0 Å². The molecule has 0 atom stereocenters. The van der Waals surface area contributed by atoms with Gasteiger partial charge in [-0.25, -0.2) is 13.2 Å². The average molecular weight is 371 g/mol. The van der Waals surface area contributed by atoms with Gasteiger partial charge in [-0.3, -0.25) is 9.71 Å². The average Bonchev–Trinajstić information content (AvgIpc) is 2.41. The molecule has 1 aromatic heterocycles. The normalized spacial score (nSPS) is 11.1. The molecule has 2 rings (SSSR count). The van der Waals surface area contributed by atoms with Crippen molar-refractivity contribution in [1.29, 1.82) is 0 Å².